The minimum Gasteiger partial charge on any atom is -0.491 e. The lowest BCUT2D eigenvalue weighted by Crippen LogP contribution is -2.51. The van der Waals surface area contributed by atoms with Crippen molar-refractivity contribution < 1.29 is 47.8 Å². The van der Waals surface area contributed by atoms with Gasteiger partial charge in [-0.2, -0.15) is 0 Å². The van der Waals surface area contributed by atoms with Gasteiger partial charge in [-0.05, 0) is 78.6 Å². The number of nitro benzene ring substituents is 1. The van der Waals surface area contributed by atoms with Gasteiger partial charge in [0.15, 0.2) is 0 Å². The Kier molecular flexibility index (Phi) is 13.7. The average molecular weight is 829 g/mol. The summed E-state index contributed by atoms with van der Waals surface area (Å²) in [5.41, 5.74) is 4.98. The second kappa shape index (κ2) is 19.9. The Balaban J connectivity index is 0.743. The summed E-state index contributed by atoms with van der Waals surface area (Å²) in [6, 6.07) is 25.2. The molecule has 4 aromatic rings. The Hall–Kier alpha value is -6.94. The van der Waals surface area contributed by atoms with Gasteiger partial charge in [-0.3, -0.25) is 34.2 Å². The fourth-order valence-corrected chi connectivity index (χ4v) is 7.06. The zero-order chi connectivity index (χ0) is 42.7. The molecule has 7 rings (SSSR count). The van der Waals surface area contributed by atoms with E-state index < -0.39 is 28.7 Å². The van der Waals surface area contributed by atoms with Crippen LogP contribution in [0.4, 0.5) is 11.4 Å². The molecule has 4 aromatic carbocycles. The van der Waals surface area contributed by atoms with Crippen LogP contribution < -0.4 is 19.7 Å². The number of fused-ring (bicyclic) bond motifs is 2. The van der Waals surface area contributed by atoms with Gasteiger partial charge >= 0.3 is 0 Å². The van der Waals surface area contributed by atoms with E-state index in [1.807, 2.05) is 48.5 Å². The highest BCUT2D eigenvalue weighted by atomic mass is 16.6. The van der Waals surface area contributed by atoms with E-state index in [9.17, 15) is 29.3 Å². The highest BCUT2D eigenvalue weighted by Gasteiger charge is 2.44. The molecule has 1 fully saturated rings. The minimum atomic E-state index is -0.868. The van der Waals surface area contributed by atoms with Crippen LogP contribution in [0.15, 0.2) is 115 Å². The second-order valence-corrected chi connectivity index (χ2v) is 14.2. The number of ether oxygens (including phenoxy) is 5. The number of nitrogens with one attached hydrogen (secondary N) is 1. The van der Waals surface area contributed by atoms with Gasteiger partial charge in [-0.25, -0.2) is 0 Å². The number of hydrogen-bond acceptors (Lipinski definition) is 11. The molecule has 1 atom stereocenters. The number of hydrogen-bond donors (Lipinski definition) is 1. The zero-order valence-corrected chi connectivity index (χ0v) is 33.3. The first-order valence-electron chi connectivity index (χ1n) is 19.8. The van der Waals surface area contributed by atoms with E-state index in [-0.39, 0.29) is 35.9 Å². The lowest BCUT2D eigenvalue weighted by Gasteiger charge is -2.29. The number of rotatable bonds is 20. The third-order valence-electron chi connectivity index (χ3n) is 10.1. The summed E-state index contributed by atoms with van der Waals surface area (Å²) in [4.78, 5) is 65.2. The van der Waals surface area contributed by atoms with E-state index >= 15 is 0 Å². The van der Waals surface area contributed by atoms with Crippen LogP contribution in [0.25, 0.3) is 11.6 Å². The van der Waals surface area contributed by atoms with Crippen LogP contribution in [0.3, 0.4) is 0 Å². The largest absolute Gasteiger partial charge is 0.491 e. The summed E-state index contributed by atoms with van der Waals surface area (Å²) in [6.45, 7) is 6.85. The quantitative estimate of drug-likeness (QED) is 0.0357. The van der Waals surface area contributed by atoms with Crippen molar-refractivity contribution >= 4 is 46.7 Å². The first kappa shape index (κ1) is 42.2. The van der Waals surface area contributed by atoms with Gasteiger partial charge in [0.2, 0.25) is 5.91 Å². The summed E-state index contributed by atoms with van der Waals surface area (Å²) in [6.07, 6.45) is 6.18. The fourth-order valence-electron chi connectivity index (χ4n) is 7.06. The Morgan fingerprint density at radius 2 is 1.34 bits per heavy atom. The number of para-hydroxylation sites is 1. The normalized spacial score (nSPS) is 16.7. The first-order valence-corrected chi connectivity index (χ1v) is 19.8. The molecule has 0 saturated carbocycles. The zero-order valence-electron chi connectivity index (χ0n) is 33.3. The summed E-state index contributed by atoms with van der Waals surface area (Å²) in [5, 5.41) is 13.6. The third-order valence-corrected chi connectivity index (χ3v) is 10.1. The van der Waals surface area contributed by atoms with Crippen LogP contribution in [0.1, 0.15) is 50.2 Å². The topological polar surface area (TPSA) is 176 Å². The number of anilines is 1. The van der Waals surface area contributed by atoms with Crippen molar-refractivity contribution in [2.75, 3.05) is 57.8 Å². The Morgan fingerprint density at radius 3 is 2.02 bits per heavy atom. The minimum absolute atomic E-state index is 0.0199. The van der Waals surface area contributed by atoms with Crippen LogP contribution in [-0.2, 0) is 30.3 Å². The monoisotopic (exact) mass is 828 g/mol. The highest BCUT2D eigenvalue weighted by molar-refractivity contribution is 6.32. The van der Waals surface area contributed by atoms with Crippen molar-refractivity contribution in [3.63, 3.8) is 0 Å². The Labute approximate surface area is 351 Å². The summed E-state index contributed by atoms with van der Waals surface area (Å²) >= 11 is 0. The molecule has 1 N–H and O–H groups in total. The molecule has 61 heavy (non-hydrogen) atoms. The van der Waals surface area contributed by atoms with Gasteiger partial charge in [-0.15, -0.1) is 0 Å². The van der Waals surface area contributed by atoms with Crippen LogP contribution in [-0.4, -0.2) is 92.3 Å². The second-order valence-electron chi connectivity index (χ2n) is 14.2. The van der Waals surface area contributed by atoms with Gasteiger partial charge in [-0.1, -0.05) is 49.1 Å². The maximum atomic E-state index is 13.5. The number of imide groups is 1. The summed E-state index contributed by atoms with van der Waals surface area (Å²) in [7, 11) is 0. The molecule has 0 aromatic heterocycles. The van der Waals surface area contributed by atoms with Crippen molar-refractivity contribution in [1.29, 1.82) is 0 Å². The molecule has 3 heterocycles. The molecule has 1 unspecified atom stereocenters. The number of nitrogens with zero attached hydrogens (tertiary/aromatic N) is 3. The van der Waals surface area contributed by atoms with Gasteiger partial charge in [0.1, 0.15) is 30.8 Å². The van der Waals surface area contributed by atoms with E-state index in [2.05, 4.69) is 11.9 Å². The molecule has 3 aliphatic rings. The van der Waals surface area contributed by atoms with Crippen LogP contribution in [0.5, 0.6) is 11.5 Å². The van der Waals surface area contributed by atoms with Gasteiger partial charge in [0, 0.05) is 29.0 Å². The molecule has 0 radical (unpaired) electrons. The number of carbonyl (C=O) groups is 4. The maximum absolute atomic E-state index is 13.5. The van der Waals surface area contributed by atoms with Crippen molar-refractivity contribution in [3.8, 4) is 11.5 Å². The Morgan fingerprint density at radius 1 is 0.721 bits per heavy atom. The summed E-state index contributed by atoms with van der Waals surface area (Å²) < 4.78 is 28.3. The molecule has 314 valence electrons. The number of piperidine rings is 1. The third kappa shape index (κ3) is 10.3. The molecule has 3 aliphatic heterocycles. The molecule has 15 heteroatoms. The van der Waals surface area contributed by atoms with Crippen LogP contribution >= 0.6 is 0 Å². The van der Waals surface area contributed by atoms with E-state index in [4.69, 9.17) is 23.7 Å². The van der Waals surface area contributed by atoms with Crippen molar-refractivity contribution in [1.82, 2.24) is 10.2 Å². The Bertz CT molecular complexity index is 2360. The van der Waals surface area contributed by atoms with Crippen LogP contribution in [0.2, 0.25) is 0 Å². The average Bonchev–Trinajstić information content (AvgIpc) is 3.67. The molecule has 1 saturated heterocycles. The smallest absolute Gasteiger partial charge is 0.269 e. The molecule has 0 bridgehead atoms. The van der Waals surface area contributed by atoms with Gasteiger partial charge in [0.25, 0.3) is 23.4 Å². The van der Waals surface area contributed by atoms with Crippen LogP contribution in [0, 0.1) is 10.1 Å². The highest BCUT2D eigenvalue weighted by Crippen LogP contribution is 2.38. The first-order chi connectivity index (χ1) is 29.7. The molecule has 0 aliphatic carbocycles. The SMILES string of the molecule is C=C1CCC(N2C(=O)c3ccc(OCCOCCOCCOCCOc4ccc(CN5C(=O)/C(=C/C=C/c6ccc([N+](=O)[O-])cc6)c6ccccc65)cc4)cc3C2=O)C(=O)N1. The predicted molar refractivity (Wildman–Crippen MR) is 225 cm³/mol. The molecule has 4 amide bonds. The lowest BCUT2D eigenvalue weighted by atomic mass is 10.0. The van der Waals surface area contributed by atoms with E-state index in [1.54, 1.807) is 41.3 Å². The summed E-state index contributed by atoms with van der Waals surface area (Å²) in [5.74, 6) is -0.443. The number of nitro groups is 1. The van der Waals surface area contributed by atoms with Crippen molar-refractivity contribution in [2.24, 2.45) is 0 Å². The number of allylic oxidation sites excluding steroid dienone is 3. The number of non-ortho nitro benzene ring substituents is 1. The van der Waals surface area contributed by atoms with Gasteiger partial charge in [0.05, 0.1) is 67.9 Å². The molecular weight excluding hydrogens is 785 g/mol. The fraction of sp³-hybridized carbons (Fsp3) is 0.261. The van der Waals surface area contributed by atoms with Gasteiger partial charge < -0.3 is 33.9 Å². The lowest BCUT2D eigenvalue weighted by molar-refractivity contribution is -0.384. The predicted octanol–water partition coefficient (Wildman–Crippen LogP) is 6.13. The maximum Gasteiger partial charge on any atom is 0.269 e. The van der Waals surface area contributed by atoms with Crippen molar-refractivity contribution in [3.05, 3.63) is 153 Å². The molecule has 15 nitrogen and oxygen atoms in total. The number of benzene rings is 4. The van der Waals surface area contributed by atoms with E-state index in [1.165, 1.54) is 24.3 Å². The number of amides is 4. The van der Waals surface area contributed by atoms with E-state index in [0.29, 0.717) is 81.8 Å². The van der Waals surface area contributed by atoms with Crippen molar-refractivity contribution in [2.45, 2.75) is 25.4 Å². The van der Waals surface area contributed by atoms with E-state index in [0.717, 1.165) is 27.3 Å². The number of carbonyl (C=O) groups excluding carboxylic acids is 4. The standard InChI is InChI=1S/C46H44N4O11/c1-31-9-20-42(43(51)47-31)49-45(53)39-19-18-36(29-40(39)46(49)54)61-28-26-59-24-22-57-21-23-58-25-27-60-35-16-12-33(13-17-35)30-48-41-8-3-2-6-37(41)38(44(48)52)7-4-5-32-10-14-34(15-11-32)50(55)56/h2-8,10-19,29,42H,1,9,20-28,30H2,(H,47,51)/b5-4+,38-7+. The molecular formula is C46H44N4O11. The molecule has 0 spiro atoms.